The zero-order chi connectivity index (χ0) is 17.2. The lowest BCUT2D eigenvalue weighted by Crippen LogP contribution is -2.55. The van der Waals surface area contributed by atoms with E-state index in [0.717, 1.165) is 61.9 Å². The molecular formula is C20H31ClN2O2. The van der Waals surface area contributed by atoms with E-state index in [9.17, 15) is 4.79 Å². The first-order chi connectivity index (χ1) is 11.6. The Kier molecular flexibility index (Phi) is 6.75. The molecule has 3 rings (SSSR count). The van der Waals surface area contributed by atoms with E-state index in [4.69, 9.17) is 4.74 Å². The van der Waals surface area contributed by atoms with Crippen molar-refractivity contribution >= 4 is 18.3 Å². The van der Waals surface area contributed by atoms with Crippen molar-refractivity contribution < 1.29 is 9.53 Å². The fourth-order valence-electron chi connectivity index (χ4n) is 4.29. The maximum absolute atomic E-state index is 13.3. The maximum atomic E-state index is 13.3. The Balaban J connectivity index is 0.00000225. The third-order valence-corrected chi connectivity index (χ3v) is 5.93. The SMILES string of the molecule is COc1cc(C2(C(=O)NC3CCCNC3C)CCCC2)ccc1C.Cl. The molecule has 1 saturated heterocycles. The van der Waals surface area contributed by atoms with Crippen LogP contribution < -0.4 is 15.4 Å². The summed E-state index contributed by atoms with van der Waals surface area (Å²) in [6.07, 6.45) is 6.27. The quantitative estimate of drug-likeness (QED) is 0.857. The van der Waals surface area contributed by atoms with Gasteiger partial charge in [-0.3, -0.25) is 4.79 Å². The molecule has 2 fully saturated rings. The lowest BCUT2D eigenvalue weighted by atomic mass is 9.77. The molecule has 0 spiro atoms. The van der Waals surface area contributed by atoms with E-state index in [1.54, 1.807) is 7.11 Å². The van der Waals surface area contributed by atoms with E-state index in [1.165, 1.54) is 0 Å². The van der Waals surface area contributed by atoms with Gasteiger partial charge in [-0.15, -0.1) is 12.4 Å². The second kappa shape index (κ2) is 8.41. The number of carbonyl (C=O) groups excluding carboxylic acids is 1. The van der Waals surface area contributed by atoms with E-state index in [0.29, 0.717) is 6.04 Å². The summed E-state index contributed by atoms with van der Waals surface area (Å²) in [4.78, 5) is 13.3. The monoisotopic (exact) mass is 366 g/mol. The number of halogens is 1. The molecule has 2 aliphatic rings. The largest absolute Gasteiger partial charge is 0.496 e. The highest BCUT2D eigenvalue weighted by atomic mass is 35.5. The second-order valence-corrected chi connectivity index (χ2v) is 7.44. The summed E-state index contributed by atoms with van der Waals surface area (Å²) in [7, 11) is 1.70. The maximum Gasteiger partial charge on any atom is 0.230 e. The van der Waals surface area contributed by atoms with Gasteiger partial charge in [0.25, 0.3) is 0 Å². The van der Waals surface area contributed by atoms with Gasteiger partial charge >= 0.3 is 0 Å². The predicted octanol–water partition coefficient (Wildman–Crippen LogP) is 3.49. The molecule has 0 bridgehead atoms. The number of carbonyl (C=O) groups is 1. The van der Waals surface area contributed by atoms with E-state index in [-0.39, 0.29) is 24.4 Å². The molecule has 0 aromatic heterocycles. The Labute approximate surface area is 157 Å². The summed E-state index contributed by atoms with van der Waals surface area (Å²) in [6.45, 7) is 5.26. The van der Waals surface area contributed by atoms with Crippen LogP contribution in [0.15, 0.2) is 18.2 Å². The van der Waals surface area contributed by atoms with Crippen molar-refractivity contribution in [3.8, 4) is 5.75 Å². The molecule has 0 radical (unpaired) electrons. The molecule has 1 aliphatic carbocycles. The molecule has 1 aliphatic heterocycles. The Bertz CT molecular complexity index is 599. The van der Waals surface area contributed by atoms with Gasteiger partial charge in [0.05, 0.1) is 12.5 Å². The smallest absolute Gasteiger partial charge is 0.230 e. The van der Waals surface area contributed by atoms with Crippen LogP contribution in [0.2, 0.25) is 0 Å². The zero-order valence-corrected chi connectivity index (χ0v) is 16.4. The molecule has 4 nitrogen and oxygen atoms in total. The van der Waals surface area contributed by atoms with Gasteiger partial charge in [0, 0.05) is 12.1 Å². The van der Waals surface area contributed by atoms with Crippen LogP contribution in [0.3, 0.4) is 0 Å². The van der Waals surface area contributed by atoms with Crippen LogP contribution in [0.4, 0.5) is 0 Å². The Morgan fingerprint density at radius 2 is 2.00 bits per heavy atom. The normalized spacial score (nSPS) is 25.1. The molecule has 1 aromatic rings. The molecule has 1 amide bonds. The van der Waals surface area contributed by atoms with Crippen LogP contribution >= 0.6 is 12.4 Å². The summed E-state index contributed by atoms with van der Waals surface area (Å²) in [5.41, 5.74) is 1.83. The van der Waals surface area contributed by atoms with Crippen LogP contribution in [0.25, 0.3) is 0 Å². The number of rotatable bonds is 4. The van der Waals surface area contributed by atoms with Crippen molar-refractivity contribution in [2.45, 2.75) is 69.9 Å². The number of ether oxygens (including phenoxy) is 1. The molecule has 140 valence electrons. The van der Waals surface area contributed by atoms with Crippen LogP contribution in [0.5, 0.6) is 5.75 Å². The van der Waals surface area contributed by atoms with Crippen LogP contribution in [0, 0.1) is 6.92 Å². The van der Waals surface area contributed by atoms with E-state index in [1.807, 2.05) is 6.92 Å². The summed E-state index contributed by atoms with van der Waals surface area (Å²) in [5.74, 6) is 1.07. The third-order valence-electron chi connectivity index (χ3n) is 5.93. The Morgan fingerprint density at radius 3 is 2.64 bits per heavy atom. The van der Waals surface area contributed by atoms with Gasteiger partial charge in [0.15, 0.2) is 0 Å². The standard InChI is InChI=1S/C20H30N2O2.ClH/c1-14-8-9-16(13-18(14)24-3)20(10-4-5-11-20)19(23)22-17-7-6-12-21-15(17)2;/h8-9,13,15,17,21H,4-7,10-12H2,1-3H3,(H,22,23);1H. The van der Waals surface area contributed by atoms with Gasteiger partial charge in [-0.05, 0) is 63.3 Å². The fraction of sp³-hybridized carbons (Fsp3) is 0.650. The average Bonchev–Trinajstić information content (AvgIpc) is 3.08. The van der Waals surface area contributed by atoms with E-state index in [2.05, 4.69) is 35.8 Å². The molecule has 2 N–H and O–H groups in total. The number of nitrogens with one attached hydrogen (secondary N) is 2. The van der Waals surface area contributed by atoms with Crippen LogP contribution in [-0.4, -0.2) is 31.6 Å². The average molecular weight is 367 g/mol. The number of hydrogen-bond donors (Lipinski definition) is 2. The minimum Gasteiger partial charge on any atom is -0.496 e. The highest BCUT2D eigenvalue weighted by molar-refractivity contribution is 5.89. The highest BCUT2D eigenvalue weighted by Crippen LogP contribution is 2.43. The van der Waals surface area contributed by atoms with Crippen molar-refractivity contribution in [3.63, 3.8) is 0 Å². The van der Waals surface area contributed by atoms with Crippen molar-refractivity contribution in [1.29, 1.82) is 0 Å². The molecule has 1 heterocycles. The highest BCUT2D eigenvalue weighted by Gasteiger charge is 2.44. The van der Waals surface area contributed by atoms with E-state index >= 15 is 0 Å². The lowest BCUT2D eigenvalue weighted by molar-refractivity contribution is -0.127. The minimum absolute atomic E-state index is 0. The Morgan fingerprint density at radius 1 is 1.28 bits per heavy atom. The van der Waals surface area contributed by atoms with Gasteiger partial charge in [0.1, 0.15) is 5.75 Å². The van der Waals surface area contributed by atoms with Gasteiger partial charge in [-0.2, -0.15) is 0 Å². The number of hydrogen-bond acceptors (Lipinski definition) is 3. The fourth-order valence-corrected chi connectivity index (χ4v) is 4.29. The number of benzene rings is 1. The molecular weight excluding hydrogens is 336 g/mol. The first-order valence-electron chi connectivity index (χ1n) is 9.26. The second-order valence-electron chi connectivity index (χ2n) is 7.44. The van der Waals surface area contributed by atoms with Gasteiger partial charge in [0.2, 0.25) is 5.91 Å². The van der Waals surface area contributed by atoms with Crippen molar-refractivity contribution in [1.82, 2.24) is 10.6 Å². The Hall–Kier alpha value is -1.26. The summed E-state index contributed by atoms with van der Waals surface area (Å²) < 4.78 is 5.50. The predicted molar refractivity (Wildman–Crippen MR) is 104 cm³/mol. The number of amides is 1. The van der Waals surface area contributed by atoms with Crippen LogP contribution in [-0.2, 0) is 10.2 Å². The van der Waals surface area contributed by atoms with Gasteiger partial charge < -0.3 is 15.4 Å². The van der Waals surface area contributed by atoms with Crippen molar-refractivity contribution in [3.05, 3.63) is 29.3 Å². The van der Waals surface area contributed by atoms with Crippen LogP contribution in [0.1, 0.15) is 56.6 Å². The molecule has 2 atom stereocenters. The molecule has 1 saturated carbocycles. The molecule has 5 heteroatoms. The molecule has 2 unspecified atom stereocenters. The summed E-state index contributed by atoms with van der Waals surface area (Å²) in [6, 6.07) is 6.84. The van der Waals surface area contributed by atoms with Crippen molar-refractivity contribution in [2.75, 3.05) is 13.7 Å². The summed E-state index contributed by atoms with van der Waals surface area (Å²) in [5, 5.41) is 6.83. The van der Waals surface area contributed by atoms with Gasteiger partial charge in [-0.1, -0.05) is 25.0 Å². The third kappa shape index (κ3) is 3.95. The summed E-state index contributed by atoms with van der Waals surface area (Å²) >= 11 is 0. The number of piperidine rings is 1. The first kappa shape index (κ1) is 20.1. The van der Waals surface area contributed by atoms with Gasteiger partial charge in [-0.25, -0.2) is 0 Å². The minimum atomic E-state index is -0.391. The molecule has 1 aromatic carbocycles. The van der Waals surface area contributed by atoms with Crippen molar-refractivity contribution in [2.24, 2.45) is 0 Å². The van der Waals surface area contributed by atoms with E-state index < -0.39 is 5.41 Å². The zero-order valence-electron chi connectivity index (χ0n) is 15.6. The first-order valence-corrected chi connectivity index (χ1v) is 9.26. The molecule has 25 heavy (non-hydrogen) atoms. The lowest BCUT2D eigenvalue weighted by Gasteiger charge is -2.35. The number of methoxy groups -OCH3 is 1. The number of aryl methyl sites for hydroxylation is 1. The topological polar surface area (TPSA) is 50.4 Å².